The second-order valence-electron chi connectivity index (χ2n) is 10.5. The molecule has 0 bridgehead atoms. The first kappa shape index (κ1) is 26.2. The zero-order chi connectivity index (χ0) is 27.7. The Bertz CT molecular complexity index is 1520. The predicted molar refractivity (Wildman–Crippen MR) is 147 cm³/mol. The number of non-ortho nitro benzene ring substituents is 1. The molecule has 3 aromatic carbocycles. The van der Waals surface area contributed by atoms with E-state index in [1.807, 2.05) is 41.4 Å². The van der Waals surface area contributed by atoms with Gasteiger partial charge in [0.05, 0.1) is 18.1 Å². The van der Waals surface area contributed by atoms with Crippen molar-refractivity contribution < 1.29 is 23.6 Å². The third kappa shape index (κ3) is 5.22. The lowest BCUT2D eigenvalue weighted by atomic mass is 9.87. The number of carbonyl (C=O) groups excluding carboxylic acids is 1. The average molecular weight is 544 g/mol. The predicted octanol–water partition coefficient (Wildman–Crippen LogP) is 5.62. The molecule has 2 saturated heterocycles. The second-order valence-corrected chi connectivity index (χ2v) is 10.5. The van der Waals surface area contributed by atoms with Crippen LogP contribution in [0.2, 0.25) is 0 Å². The molecule has 8 nitrogen and oxygen atoms in total. The number of hydrogen-bond donors (Lipinski definition) is 0. The summed E-state index contributed by atoms with van der Waals surface area (Å²) in [7, 11) is 0. The Morgan fingerprint density at radius 3 is 2.38 bits per heavy atom. The van der Waals surface area contributed by atoms with E-state index >= 15 is 0 Å². The van der Waals surface area contributed by atoms with Crippen molar-refractivity contribution in [3.8, 4) is 0 Å². The highest BCUT2D eigenvalue weighted by Crippen LogP contribution is 2.38. The van der Waals surface area contributed by atoms with Gasteiger partial charge in [0.1, 0.15) is 5.82 Å². The zero-order valence-corrected chi connectivity index (χ0v) is 22.0. The van der Waals surface area contributed by atoms with Crippen LogP contribution in [0.25, 0.3) is 10.9 Å². The fourth-order valence-electron chi connectivity index (χ4n) is 5.90. The molecule has 1 aromatic heterocycles. The number of ether oxygens (including phenoxy) is 2. The topological polar surface area (TPSA) is 86.8 Å². The van der Waals surface area contributed by atoms with Crippen LogP contribution in [0.5, 0.6) is 0 Å². The van der Waals surface area contributed by atoms with Crippen molar-refractivity contribution in [3.63, 3.8) is 0 Å². The number of nitrogens with zero attached hydrogens (tertiary/aromatic N) is 3. The molecule has 3 heterocycles. The van der Waals surface area contributed by atoms with Crippen molar-refractivity contribution in [1.82, 2.24) is 9.47 Å². The Labute approximate surface area is 231 Å². The molecule has 0 radical (unpaired) electrons. The summed E-state index contributed by atoms with van der Waals surface area (Å²) in [5.41, 5.74) is 3.46. The number of nitro groups is 1. The van der Waals surface area contributed by atoms with E-state index in [0.29, 0.717) is 51.1 Å². The van der Waals surface area contributed by atoms with E-state index < -0.39 is 16.6 Å². The van der Waals surface area contributed by atoms with Crippen LogP contribution in [0.1, 0.15) is 41.9 Å². The smallest absolute Gasteiger partial charge is 0.270 e. The number of carbonyl (C=O) groups is 1. The number of piperidine rings is 1. The number of fused-ring (bicyclic) bond motifs is 1. The van der Waals surface area contributed by atoms with E-state index in [1.54, 1.807) is 24.3 Å². The molecule has 1 unspecified atom stereocenters. The number of nitro benzene ring substituents is 1. The maximum absolute atomic E-state index is 13.9. The van der Waals surface area contributed by atoms with Crippen molar-refractivity contribution in [1.29, 1.82) is 0 Å². The highest BCUT2D eigenvalue weighted by Gasteiger charge is 2.41. The lowest BCUT2D eigenvalue weighted by Crippen LogP contribution is -2.47. The Morgan fingerprint density at radius 2 is 1.70 bits per heavy atom. The number of hydrogen-bond acceptors (Lipinski definition) is 5. The summed E-state index contributed by atoms with van der Waals surface area (Å²) in [5, 5.41) is 12.4. The minimum Gasteiger partial charge on any atom is -0.347 e. The molecule has 9 heteroatoms. The Balaban J connectivity index is 1.38. The quantitative estimate of drug-likeness (QED) is 0.223. The SMILES string of the molecule is O=C(CC(c1ccc(F)cc1)c1cn(Cc2ccccc2)c2ccc([N+](=O)[O-])cc12)N1CCC2(CC1)OCCO2. The Hall–Kier alpha value is -4.08. The molecule has 0 aliphatic carbocycles. The van der Waals surface area contributed by atoms with E-state index in [-0.39, 0.29) is 23.8 Å². The molecule has 206 valence electrons. The van der Waals surface area contributed by atoms with E-state index in [0.717, 1.165) is 22.2 Å². The average Bonchev–Trinajstić information content (AvgIpc) is 3.57. The van der Waals surface area contributed by atoms with Crippen molar-refractivity contribution in [2.45, 2.75) is 37.5 Å². The summed E-state index contributed by atoms with van der Waals surface area (Å²) >= 11 is 0. The van der Waals surface area contributed by atoms with Crippen molar-refractivity contribution in [3.05, 3.63) is 112 Å². The van der Waals surface area contributed by atoms with Gasteiger partial charge < -0.3 is 18.9 Å². The van der Waals surface area contributed by atoms with Crippen molar-refractivity contribution in [2.24, 2.45) is 0 Å². The van der Waals surface area contributed by atoms with Crippen LogP contribution in [-0.4, -0.2) is 52.4 Å². The highest BCUT2D eigenvalue weighted by molar-refractivity contribution is 5.88. The third-order valence-corrected chi connectivity index (χ3v) is 8.02. The van der Waals surface area contributed by atoms with Gasteiger partial charge in [0, 0.05) is 74.0 Å². The number of halogens is 1. The number of benzene rings is 3. The van der Waals surface area contributed by atoms with Crippen LogP contribution in [-0.2, 0) is 20.8 Å². The minimum absolute atomic E-state index is 0.0201. The summed E-state index contributed by atoms with van der Waals surface area (Å²) in [6, 6.07) is 20.9. The van der Waals surface area contributed by atoms with Gasteiger partial charge in [-0.2, -0.15) is 0 Å². The summed E-state index contributed by atoms with van der Waals surface area (Å²) in [6.07, 6.45) is 3.35. The monoisotopic (exact) mass is 543 g/mol. The van der Waals surface area contributed by atoms with E-state index in [2.05, 4.69) is 4.57 Å². The fourth-order valence-corrected chi connectivity index (χ4v) is 5.90. The third-order valence-electron chi connectivity index (χ3n) is 8.02. The van der Waals surface area contributed by atoms with Crippen LogP contribution >= 0.6 is 0 Å². The fraction of sp³-hybridized carbons (Fsp3) is 0.323. The van der Waals surface area contributed by atoms with Gasteiger partial charge in [-0.25, -0.2) is 4.39 Å². The van der Waals surface area contributed by atoms with Crippen LogP contribution < -0.4 is 0 Å². The van der Waals surface area contributed by atoms with Crippen molar-refractivity contribution >= 4 is 22.5 Å². The number of amides is 1. The normalized spacial score (nSPS) is 17.4. The highest BCUT2D eigenvalue weighted by atomic mass is 19.1. The summed E-state index contributed by atoms with van der Waals surface area (Å²) in [6.45, 7) is 2.75. The number of likely N-dealkylation sites (tertiary alicyclic amines) is 1. The first-order valence-electron chi connectivity index (χ1n) is 13.5. The van der Waals surface area contributed by atoms with E-state index in [1.165, 1.54) is 18.2 Å². The second kappa shape index (κ2) is 10.8. The van der Waals surface area contributed by atoms with Gasteiger partial charge in [0.2, 0.25) is 5.91 Å². The lowest BCUT2D eigenvalue weighted by Gasteiger charge is -2.38. The molecule has 0 saturated carbocycles. The van der Waals surface area contributed by atoms with Crippen LogP contribution in [0, 0.1) is 15.9 Å². The van der Waals surface area contributed by atoms with Crippen LogP contribution in [0.3, 0.4) is 0 Å². The van der Waals surface area contributed by atoms with Gasteiger partial charge in [-0.05, 0) is 34.9 Å². The molecule has 2 aliphatic rings. The van der Waals surface area contributed by atoms with E-state index in [9.17, 15) is 19.3 Å². The van der Waals surface area contributed by atoms with Gasteiger partial charge in [0.15, 0.2) is 5.79 Å². The molecular weight excluding hydrogens is 513 g/mol. The lowest BCUT2D eigenvalue weighted by molar-refractivity contribution is -0.384. The largest absolute Gasteiger partial charge is 0.347 e. The molecule has 2 fully saturated rings. The number of aromatic nitrogens is 1. The maximum Gasteiger partial charge on any atom is 0.270 e. The number of rotatable bonds is 7. The Morgan fingerprint density at radius 1 is 1.00 bits per heavy atom. The Kier molecular flexibility index (Phi) is 7.08. The zero-order valence-electron chi connectivity index (χ0n) is 22.0. The van der Waals surface area contributed by atoms with Gasteiger partial charge in [-0.3, -0.25) is 14.9 Å². The molecule has 0 N–H and O–H groups in total. The standard InChI is InChI=1S/C31H30FN3O5/c32-24-8-6-23(7-9-24)26(19-30(36)33-14-12-31(13-15-33)39-16-17-40-31)28-21-34(20-22-4-2-1-3-5-22)29-11-10-25(35(37)38)18-27(28)29/h1-11,18,21,26H,12-17,19-20H2. The van der Waals surface area contributed by atoms with Crippen LogP contribution in [0.4, 0.5) is 10.1 Å². The first-order chi connectivity index (χ1) is 19.4. The minimum atomic E-state index is -0.586. The molecule has 1 amide bonds. The summed E-state index contributed by atoms with van der Waals surface area (Å²) in [4.78, 5) is 26.8. The summed E-state index contributed by atoms with van der Waals surface area (Å²) in [5.74, 6) is -1.41. The van der Waals surface area contributed by atoms with Gasteiger partial charge >= 0.3 is 0 Å². The molecule has 40 heavy (non-hydrogen) atoms. The molecule has 1 spiro atoms. The van der Waals surface area contributed by atoms with Gasteiger partial charge in [-0.15, -0.1) is 0 Å². The van der Waals surface area contributed by atoms with Gasteiger partial charge in [-0.1, -0.05) is 42.5 Å². The molecule has 4 aromatic rings. The van der Waals surface area contributed by atoms with E-state index in [4.69, 9.17) is 9.47 Å². The molecule has 2 aliphatic heterocycles. The van der Waals surface area contributed by atoms with Crippen LogP contribution in [0.15, 0.2) is 79.0 Å². The molecular formula is C31H30FN3O5. The first-order valence-corrected chi connectivity index (χ1v) is 13.5. The molecule has 6 rings (SSSR count). The summed E-state index contributed by atoms with van der Waals surface area (Å²) < 4.78 is 27.6. The maximum atomic E-state index is 13.9. The molecule has 1 atom stereocenters. The van der Waals surface area contributed by atoms with Gasteiger partial charge in [0.25, 0.3) is 5.69 Å². The van der Waals surface area contributed by atoms with Crippen molar-refractivity contribution in [2.75, 3.05) is 26.3 Å².